The van der Waals surface area contributed by atoms with Gasteiger partial charge >= 0.3 is 5.97 Å². The van der Waals surface area contributed by atoms with Gasteiger partial charge in [0.25, 0.3) is 0 Å². The monoisotopic (exact) mass is 231 g/mol. The third kappa shape index (κ3) is 1.49. The molecule has 17 heavy (non-hydrogen) atoms. The second-order valence-electron chi connectivity index (χ2n) is 5.05. The van der Waals surface area contributed by atoms with E-state index >= 15 is 0 Å². The summed E-state index contributed by atoms with van der Waals surface area (Å²) in [7, 11) is 0. The fourth-order valence-corrected chi connectivity index (χ4v) is 2.88. The summed E-state index contributed by atoms with van der Waals surface area (Å²) < 4.78 is 5.57. The first-order chi connectivity index (χ1) is 8.14. The molecule has 2 atom stereocenters. The summed E-state index contributed by atoms with van der Waals surface area (Å²) in [6.45, 7) is 5.02. The molecule has 1 N–H and O–H groups in total. The first-order valence-electron chi connectivity index (χ1n) is 6.21. The lowest BCUT2D eigenvalue weighted by Crippen LogP contribution is -2.40. The van der Waals surface area contributed by atoms with Crippen molar-refractivity contribution in [2.45, 2.75) is 38.3 Å². The lowest BCUT2D eigenvalue weighted by molar-refractivity contribution is -0.153. The Labute approximate surface area is 101 Å². The maximum Gasteiger partial charge on any atom is 0.324 e. The number of rotatable bonds is 2. The van der Waals surface area contributed by atoms with Gasteiger partial charge in [-0.3, -0.25) is 10.1 Å². The number of morpholine rings is 1. The Morgan fingerprint density at radius 2 is 2.35 bits per heavy atom. The Bertz CT molecular complexity index is 483. The molecule has 0 spiro atoms. The molecule has 2 aliphatic heterocycles. The predicted octanol–water partition coefficient (Wildman–Crippen LogP) is 1.67. The van der Waals surface area contributed by atoms with Crippen LogP contribution in [0.15, 0.2) is 18.2 Å². The summed E-state index contributed by atoms with van der Waals surface area (Å²) in [6, 6.07) is 6.32. The Hall–Kier alpha value is -1.35. The van der Waals surface area contributed by atoms with E-state index in [1.165, 1.54) is 11.1 Å². The van der Waals surface area contributed by atoms with E-state index in [2.05, 4.69) is 37.4 Å². The molecule has 90 valence electrons. The minimum atomic E-state index is -0.403. The maximum atomic E-state index is 11.6. The van der Waals surface area contributed by atoms with E-state index < -0.39 is 5.60 Å². The summed E-state index contributed by atoms with van der Waals surface area (Å²) >= 11 is 0. The molecule has 1 aromatic carbocycles. The molecule has 1 aromatic rings. The van der Waals surface area contributed by atoms with E-state index in [0.717, 1.165) is 24.9 Å². The number of hydrogen-bond donors (Lipinski definition) is 1. The van der Waals surface area contributed by atoms with Crippen LogP contribution in [0.4, 0.5) is 0 Å². The Kier molecular flexibility index (Phi) is 2.26. The van der Waals surface area contributed by atoms with Crippen molar-refractivity contribution in [2.24, 2.45) is 0 Å². The second-order valence-corrected chi connectivity index (χ2v) is 5.05. The van der Waals surface area contributed by atoms with Gasteiger partial charge in [-0.15, -0.1) is 0 Å². The summed E-state index contributed by atoms with van der Waals surface area (Å²) in [4.78, 5) is 11.6. The number of ether oxygens (including phenoxy) is 1. The zero-order valence-electron chi connectivity index (χ0n) is 10.2. The fraction of sp³-hybridized carbons (Fsp3) is 0.500. The molecule has 2 heterocycles. The maximum absolute atomic E-state index is 11.6. The van der Waals surface area contributed by atoms with E-state index in [9.17, 15) is 4.79 Å². The third-order valence-corrected chi connectivity index (χ3v) is 4.00. The van der Waals surface area contributed by atoms with Crippen molar-refractivity contribution < 1.29 is 9.53 Å². The van der Waals surface area contributed by atoms with Crippen LogP contribution in [0.1, 0.15) is 30.0 Å². The smallest absolute Gasteiger partial charge is 0.324 e. The molecule has 2 saturated heterocycles. The van der Waals surface area contributed by atoms with Crippen LogP contribution < -0.4 is 5.32 Å². The number of aryl methyl sites for hydroxylation is 2. The van der Waals surface area contributed by atoms with E-state index in [0.29, 0.717) is 0 Å². The van der Waals surface area contributed by atoms with Gasteiger partial charge in [0, 0.05) is 13.0 Å². The van der Waals surface area contributed by atoms with Crippen LogP contribution >= 0.6 is 0 Å². The van der Waals surface area contributed by atoms with Crippen LogP contribution in [0.25, 0.3) is 0 Å². The molecular formula is C14H17NO2. The van der Waals surface area contributed by atoms with Crippen LogP contribution in [-0.2, 0) is 21.6 Å². The molecule has 2 aliphatic rings. The van der Waals surface area contributed by atoms with Gasteiger partial charge in [-0.1, -0.05) is 25.1 Å². The number of carbonyl (C=O) groups is 1. The van der Waals surface area contributed by atoms with Gasteiger partial charge in [0.15, 0.2) is 5.60 Å². The molecule has 3 heteroatoms. The molecule has 2 bridgehead atoms. The van der Waals surface area contributed by atoms with Crippen molar-refractivity contribution in [1.29, 1.82) is 0 Å². The molecule has 2 unspecified atom stereocenters. The Balaban J connectivity index is 2.02. The Morgan fingerprint density at radius 1 is 1.53 bits per heavy atom. The molecule has 0 amide bonds. The minimum Gasteiger partial charge on any atom is -0.452 e. The lowest BCUT2D eigenvalue weighted by Gasteiger charge is -2.27. The van der Waals surface area contributed by atoms with Crippen molar-refractivity contribution in [2.75, 3.05) is 6.54 Å². The molecule has 2 fully saturated rings. The van der Waals surface area contributed by atoms with Crippen molar-refractivity contribution in [3.63, 3.8) is 0 Å². The average Bonchev–Trinajstić information content (AvgIpc) is 2.88. The molecule has 0 aromatic heterocycles. The van der Waals surface area contributed by atoms with Crippen molar-refractivity contribution in [3.8, 4) is 0 Å². The number of fused-ring (bicyclic) bond motifs is 2. The Morgan fingerprint density at radius 3 is 2.94 bits per heavy atom. The number of benzene rings is 1. The van der Waals surface area contributed by atoms with Crippen molar-refractivity contribution in [1.82, 2.24) is 5.32 Å². The highest BCUT2D eigenvalue weighted by Gasteiger charge is 2.53. The highest BCUT2D eigenvalue weighted by molar-refractivity contribution is 5.80. The van der Waals surface area contributed by atoms with Gasteiger partial charge in [0.1, 0.15) is 6.04 Å². The molecule has 0 radical (unpaired) electrons. The fourth-order valence-electron chi connectivity index (χ4n) is 2.88. The SMILES string of the molecule is CCc1cc(C23CNC(C2)C(=O)O3)ccc1C. The highest BCUT2D eigenvalue weighted by Crippen LogP contribution is 2.41. The van der Waals surface area contributed by atoms with E-state index in [-0.39, 0.29) is 12.0 Å². The van der Waals surface area contributed by atoms with Crippen LogP contribution in [0.5, 0.6) is 0 Å². The second kappa shape index (κ2) is 3.57. The summed E-state index contributed by atoms with van der Waals surface area (Å²) in [5, 5.41) is 3.22. The lowest BCUT2D eigenvalue weighted by atomic mass is 9.90. The van der Waals surface area contributed by atoms with E-state index in [4.69, 9.17) is 4.74 Å². The zero-order chi connectivity index (χ0) is 12.0. The molecule has 3 rings (SSSR count). The molecular weight excluding hydrogens is 214 g/mol. The first kappa shape index (κ1) is 10.8. The minimum absolute atomic E-state index is 0.0959. The van der Waals surface area contributed by atoms with Gasteiger partial charge in [0.05, 0.1) is 0 Å². The van der Waals surface area contributed by atoms with Crippen LogP contribution in [0, 0.1) is 6.92 Å². The summed E-state index contributed by atoms with van der Waals surface area (Å²) in [5.74, 6) is -0.102. The zero-order valence-corrected chi connectivity index (χ0v) is 10.2. The van der Waals surface area contributed by atoms with Crippen molar-refractivity contribution in [3.05, 3.63) is 34.9 Å². The number of carbonyl (C=O) groups excluding carboxylic acids is 1. The third-order valence-electron chi connectivity index (χ3n) is 4.00. The highest BCUT2D eigenvalue weighted by atomic mass is 16.6. The molecule has 0 saturated carbocycles. The van der Waals surface area contributed by atoms with Gasteiger partial charge in [0.2, 0.25) is 0 Å². The van der Waals surface area contributed by atoms with Gasteiger partial charge in [-0.2, -0.15) is 0 Å². The quantitative estimate of drug-likeness (QED) is 0.787. The average molecular weight is 231 g/mol. The topological polar surface area (TPSA) is 38.3 Å². The standard InChI is InChI=1S/C14H17NO2/c1-3-10-6-11(5-4-9(10)2)14-7-12(15-8-14)13(16)17-14/h4-6,12,15H,3,7-8H2,1-2H3. The largest absolute Gasteiger partial charge is 0.452 e. The summed E-state index contributed by atoms with van der Waals surface area (Å²) in [5.41, 5.74) is 3.38. The van der Waals surface area contributed by atoms with E-state index in [1.54, 1.807) is 0 Å². The molecule has 3 nitrogen and oxygen atoms in total. The predicted molar refractivity (Wildman–Crippen MR) is 64.7 cm³/mol. The number of hydrogen-bond acceptors (Lipinski definition) is 3. The number of esters is 1. The van der Waals surface area contributed by atoms with Gasteiger partial charge < -0.3 is 4.74 Å². The number of nitrogens with one attached hydrogen (secondary N) is 1. The van der Waals surface area contributed by atoms with Crippen LogP contribution in [0.2, 0.25) is 0 Å². The molecule has 0 aliphatic carbocycles. The van der Waals surface area contributed by atoms with Crippen LogP contribution in [0.3, 0.4) is 0 Å². The first-order valence-corrected chi connectivity index (χ1v) is 6.21. The van der Waals surface area contributed by atoms with Gasteiger partial charge in [-0.25, -0.2) is 0 Å². The van der Waals surface area contributed by atoms with E-state index in [1.807, 2.05) is 0 Å². The normalized spacial score (nSPS) is 30.7. The van der Waals surface area contributed by atoms with Crippen LogP contribution in [-0.4, -0.2) is 18.6 Å². The van der Waals surface area contributed by atoms with Gasteiger partial charge in [-0.05, 0) is 30.0 Å². The van der Waals surface area contributed by atoms with Crippen molar-refractivity contribution >= 4 is 5.97 Å². The summed E-state index contributed by atoms with van der Waals surface area (Å²) in [6.07, 6.45) is 1.79.